The number of amides is 2. The van der Waals surface area contributed by atoms with Gasteiger partial charge in [0.1, 0.15) is 5.75 Å². The molecule has 1 aliphatic rings. The van der Waals surface area contributed by atoms with Gasteiger partial charge in [-0.3, -0.25) is 14.3 Å². The fraction of sp³-hybridized carbons (Fsp3) is 0.259. The van der Waals surface area contributed by atoms with Crippen molar-refractivity contribution in [1.82, 2.24) is 5.32 Å². The van der Waals surface area contributed by atoms with Crippen molar-refractivity contribution in [3.63, 3.8) is 0 Å². The second kappa shape index (κ2) is 10.3. The highest BCUT2D eigenvalue weighted by Gasteiger charge is 2.32. The number of phenols is 1. The number of halogens is 3. The van der Waals surface area contributed by atoms with Gasteiger partial charge < -0.3 is 15.3 Å². The molecular formula is C27H26F3N3O5S. The van der Waals surface area contributed by atoms with E-state index in [1.54, 1.807) is 19.9 Å². The third kappa shape index (κ3) is 6.33. The van der Waals surface area contributed by atoms with Gasteiger partial charge in [-0.2, -0.15) is 13.2 Å². The summed E-state index contributed by atoms with van der Waals surface area (Å²) in [5, 5.41) is 12.6. The molecule has 3 aromatic rings. The van der Waals surface area contributed by atoms with Crippen LogP contribution in [0.5, 0.6) is 5.75 Å². The third-order valence-corrected chi connectivity index (χ3v) is 6.64. The Balaban J connectivity index is 1.69. The Labute approximate surface area is 223 Å². The first-order chi connectivity index (χ1) is 18.1. The number of carbonyl (C=O) groups is 2. The molecule has 1 heterocycles. The summed E-state index contributed by atoms with van der Waals surface area (Å²) in [6.07, 6.45) is -3.37. The summed E-state index contributed by atoms with van der Waals surface area (Å²) in [6.45, 7) is 3.62. The molecule has 0 atom stereocenters. The van der Waals surface area contributed by atoms with Crippen molar-refractivity contribution in [2.24, 2.45) is 0 Å². The molecule has 0 unspecified atom stereocenters. The number of nitrogens with one attached hydrogen (secondary N) is 2. The van der Waals surface area contributed by atoms with E-state index in [2.05, 4.69) is 10.0 Å². The molecule has 0 saturated carbocycles. The molecule has 1 aliphatic heterocycles. The number of hydrogen-bond acceptors (Lipinski definition) is 5. The van der Waals surface area contributed by atoms with Crippen LogP contribution in [-0.4, -0.2) is 44.2 Å². The fourth-order valence-electron chi connectivity index (χ4n) is 4.32. The molecule has 3 N–H and O–H groups in total. The summed E-state index contributed by atoms with van der Waals surface area (Å²) < 4.78 is 66.3. The largest absolute Gasteiger partial charge is 0.506 e. The molecule has 8 nitrogen and oxygen atoms in total. The highest BCUT2D eigenvalue weighted by molar-refractivity contribution is 7.92. The van der Waals surface area contributed by atoms with E-state index in [0.29, 0.717) is 28.8 Å². The van der Waals surface area contributed by atoms with E-state index in [4.69, 9.17) is 0 Å². The number of alkyl halides is 3. The van der Waals surface area contributed by atoms with Crippen molar-refractivity contribution in [3.8, 4) is 16.9 Å². The van der Waals surface area contributed by atoms with E-state index in [9.17, 15) is 36.3 Å². The molecular weight excluding hydrogens is 535 g/mol. The fourth-order valence-corrected chi connectivity index (χ4v) is 4.89. The lowest BCUT2D eigenvalue weighted by Gasteiger charge is -2.29. The summed E-state index contributed by atoms with van der Waals surface area (Å²) in [4.78, 5) is 27.2. The van der Waals surface area contributed by atoms with Crippen LogP contribution in [0.15, 0.2) is 54.6 Å². The van der Waals surface area contributed by atoms with Gasteiger partial charge in [0.25, 0.3) is 11.8 Å². The van der Waals surface area contributed by atoms with Gasteiger partial charge in [-0.25, -0.2) is 8.42 Å². The van der Waals surface area contributed by atoms with Crippen LogP contribution in [-0.2, 0) is 22.6 Å². The Morgan fingerprint density at radius 2 is 1.74 bits per heavy atom. The Morgan fingerprint density at radius 1 is 1.03 bits per heavy atom. The monoisotopic (exact) mass is 561 g/mol. The van der Waals surface area contributed by atoms with Gasteiger partial charge in [0, 0.05) is 29.4 Å². The van der Waals surface area contributed by atoms with Crippen LogP contribution in [0.1, 0.15) is 45.7 Å². The van der Waals surface area contributed by atoms with Crippen molar-refractivity contribution in [1.29, 1.82) is 0 Å². The number of benzene rings is 3. The van der Waals surface area contributed by atoms with Crippen LogP contribution in [0.25, 0.3) is 11.1 Å². The molecule has 0 aliphatic carbocycles. The van der Waals surface area contributed by atoms with Gasteiger partial charge in [-0.1, -0.05) is 12.1 Å². The molecule has 12 heteroatoms. The van der Waals surface area contributed by atoms with Crippen molar-refractivity contribution in [2.45, 2.75) is 32.5 Å². The molecule has 0 radical (unpaired) electrons. The highest BCUT2D eigenvalue weighted by atomic mass is 32.2. The molecule has 39 heavy (non-hydrogen) atoms. The zero-order valence-electron chi connectivity index (χ0n) is 21.3. The average Bonchev–Trinajstić information content (AvgIpc) is 2.83. The number of aromatic hydroxyl groups is 1. The standard InChI is InChI=1S/C27H26F3N3O5S/c1-15(2)31-25(35)19-11-18(12-20(13-19)27(28,29)30)16-4-6-22-17(10-16)8-9-33(26(22)36)21-5-7-24(34)23(14-21)32-39(3,37)38/h4-7,10-15,32,34H,8-9H2,1-3H3,(H,31,35). The first-order valence-electron chi connectivity index (χ1n) is 11.9. The van der Waals surface area contributed by atoms with E-state index >= 15 is 0 Å². The summed E-state index contributed by atoms with van der Waals surface area (Å²) in [7, 11) is -3.68. The minimum Gasteiger partial charge on any atom is -0.506 e. The molecule has 0 fully saturated rings. The molecule has 0 bridgehead atoms. The smallest absolute Gasteiger partial charge is 0.416 e. The first-order valence-corrected chi connectivity index (χ1v) is 13.8. The van der Waals surface area contributed by atoms with Crippen LogP contribution in [0, 0.1) is 0 Å². The van der Waals surface area contributed by atoms with Gasteiger partial charge in [-0.15, -0.1) is 0 Å². The van der Waals surface area contributed by atoms with E-state index in [1.807, 2.05) is 0 Å². The molecule has 206 valence electrons. The molecule has 2 amide bonds. The lowest BCUT2D eigenvalue weighted by molar-refractivity contribution is -0.137. The second-order valence-electron chi connectivity index (χ2n) is 9.58. The van der Waals surface area contributed by atoms with Crippen LogP contribution in [0.2, 0.25) is 0 Å². The lowest BCUT2D eigenvalue weighted by Crippen LogP contribution is -2.37. The number of hydrogen-bond donors (Lipinski definition) is 3. The van der Waals surface area contributed by atoms with E-state index in [-0.39, 0.29) is 41.1 Å². The maximum atomic E-state index is 13.6. The van der Waals surface area contributed by atoms with Crippen LogP contribution >= 0.6 is 0 Å². The van der Waals surface area contributed by atoms with Gasteiger partial charge in [0.15, 0.2) is 0 Å². The van der Waals surface area contributed by atoms with Crippen molar-refractivity contribution in [3.05, 3.63) is 76.9 Å². The Bertz CT molecular complexity index is 1570. The summed E-state index contributed by atoms with van der Waals surface area (Å²) in [6, 6.07) is 11.7. The minimum atomic E-state index is -4.66. The van der Waals surface area contributed by atoms with Crippen molar-refractivity contribution >= 4 is 33.2 Å². The van der Waals surface area contributed by atoms with Gasteiger partial charge in [-0.05, 0) is 79.4 Å². The number of nitrogens with zero attached hydrogens (tertiary/aromatic N) is 1. The highest BCUT2D eigenvalue weighted by Crippen LogP contribution is 2.36. The Kier molecular flexibility index (Phi) is 7.35. The first kappa shape index (κ1) is 28.0. The number of sulfonamides is 1. The summed E-state index contributed by atoms with van der Waals surface area (Å²) in [5.41, 5.74) is 0.755. The van der Waals surface area contributed by atoms with Gasteiger partial charge >= 0.3 is 6.18 Å². The normalized spacial score (nSPS) is 13.8. The average molecular weight is 562 g/mol. The topological polar surface area (TPSA) is 116 Å². The molecule has 0 aromatic heterocycles. The molecule has 4 rings (SSSR count). The number of anilines is 2. The van der Waals surface area contributed by atoms with Crippen LogP contribution < -0.4 is 14.9 Å². The van der Waals surface area contributed by atoms with Crippen LogP contribution in [0.4, 0.5) is 24.5 Å². The zero-order valence-corrected chi connectivity index (χ0v) is 22.1. The predicted octanol–water partition coefficient (Wildman–Crippen LogP) is 4.79. The van der Waals surface area contributed by atoms with Gasteiger partial charge in [0.2, 0.25) is 10.0 Å². The third-order valence-electron chi connectivity index (χ3n) is 6.05. The minimum absolute atomic E-state index is 0.0780. The quantitative estimate of drug-likeness (QED) is 0.375. The predicted molar refractivity (Wildman–Crippen MR) is 141 cm³/mol. The summed E-state index contributed by atoms with van der Waals surface area (Å²) >= 11 is 0. The van der Waals surface area contributed by atoms with E-state index in [0.717, 1.165) is 18.4 Å². The van der Waals surface area contributed by atoms with E-state index in [1.165, 1.54) is 41.3 Å². The van der Waals surface area contributed by atoms with Crippen molar-refractivity contribution < 1.29 is 36.3 Å². The summed E-state index contributed by atoms with van der Waals surface area (Å²) in [5.74, 6) is -1.32. The van der Waals surface area contributed by atoms with Crippen molar-refractivity contribution in [2.75, 3.05) is 22.4 Å². The molecule has 0 spiro atoms. The lowest BCUT2D eigenvalue weighted by atomic mass is 9.92. The number of fused-ring (bicyclic) bond motifs is 1. The molecule has 3 aromatic carbocycles. The van der Waals surface area contributed by atoms with E-state index < -0.39 is 27.7 Å². The SMILES string of the molecule is CC(C)NC(=O)c1cc(-c2ccc3c(c2)CCN(c2ccc(O)c(NS(C)(=O)=O)c2)C3=O)cc(C(F)(F)F)c1. The number of rotatable bonds is 6. The Morgan fingerprint density at radius 3 is 2.38 bits per heavy atom. The second-order valence-corrected chi connectivity index (χ2v) is 11.3. The Hall–Kier alpha value is -4.06. The maximum absolute atomic E-state index is 13.6. The maximum Gasteiger partial charge on any atom is 0.416 e. The molecule has 0 saturated heterocycles. The zero-order chi connectivity index (χ0) is 28.7. The van der Waals surface area contributed by atoms with Gasteiger partial charge in [0.05, 0.1) is 17.5 Å². The number of carbonyl (C=O) groups excluding carboxylic acids is 2. The van der Waals surface area contributed by atoms with Crippen LogP contribution in [0.3, 0.4) is 0 Å². The number of phenolic OH excluding ortho intramolecular Hbond substituents is 1.